The van der Waals surface area contributed by atoms with Crippen molar-refractivity contribution in [2.24, 2.45) is 0 Å². The molecule has 0 radical (unpaired) electrons. The van der Waals surface area contributed by atoms with E-state index in [1.54, 1.807) is 0 Å². The van der Waals surface area contributed by atoms with Gasteiger partial charge in [0.1, 0.15) is 0 Å². The number of nitrogens with one attached hydrogen (secondary N) is 1. The number of rotatable bonds is 5. The van der Waals surface area contributed by atoms with Crippen molar-refractivity contribution >= 4 is 11.0 Å². The van der Waals surface area contributed by atoms with Gasteiger partial charge in [0.05, 0.1) is 17.4 Å². The molecular formula is C14H19N3. The minimum absolute atomic E-state index is 0.303. The van der Waals surface area contributed by atoms with Gasteiger partial charge in [0.15, 0.2) is 0 Å². The van der Waals surface area contributed by atoms with Crippen LogP contribution < -0.4 is 5.32 Å². The van der Waals surface area contributed by atoms with Crippen LogP contribution in [0.25, 0.3) is 11.0 Å². The number of imidazole rings is 1. The zero-order valence-corrected chi connectivity index (χ0v) is 10.5. The third kappa shape index (κ3) is 2.56. The smallest absolute Gasteiger partial charge is 0.0958 e. The standard InChI is InChI=1S/C14H19N3/c1-4-15-13(11(2)3)9-17-10-16-12-7-5-6-8-14(12)17/h5-8,10,13,15H,2,4,9H2,1,3H3. The van der Waals surface area contributed by atoms with E-state index in [0.717, 1.165) is 24.2 Å². The molecule has 3 heteroatoms. The molecule has 1 atom stereocenters. The van der Waals surface area contributed by atoms with Crippen LogP contribution in [0, 0.1) is 0 Å². The molecule has 0 bridgehead atoms. The summed E-state index contributed by atoms with van der Waals surface area (Å²) in [5.74, 6) is 0. The summed E-state index contributed by atoms with van der Waals surface area (Å²) in [5, 5.41) is 3.44. The SMILES string of the molecule is C=C(C)C(Cn1cnc2ccccc21)NCC. The van der Waals surface area contributed by atoms with Gasteiger partial charge in [-0.1, -0.05) is 31.2 Å². The molecule has 0 saturated heterocycles. The molecule has 0 aliphatic carbocycles. The zero-order chi connectivity index (χ0) is 12.3. The van der Waals surface area contributed by atoms with Gasteiger partial charge in [-0.3, -0.25) is 0 Å². The van der Waals surface area contributed by atoms with Crippen LogP contribution in [0.2, 0.25) is 0 Å². The number of fused-ring (bicyclic) bond motifs is 1. The average molecular weight is 229 g/mol. The van der Waals surface area contributed by atoms with E-state index in [2.05, 4.69) is 41.4 Å². The molecule has 2 aromatic rings. The molecule has 17 heavy (non-hydrogen) atoms. The highest BCUT2D eigenvalue weighted by Crippen LogP contribution is 2.13. The van der Waals surface area contributed by atoms with Crippen molar-refractivity contribution in [1.29, 1.82) is 0 Å². The maximum atomic E-state index is 4.40. The number of benzene rings is 1. The summed E-state index contributed by atoms with van der Waals surface area (Å²) in [5.41, 5.74) is 3.38. The van der Waals surface area contributed by atoms with Gasteiger partial charge < -0.3 is 9.88 Å². The highest BCUT2D eigenvalue weighted by Gasteiger charge is 2.10. The summed E-state index contributed by atoms with van der Waals surface area (Å²) in [6, 6.07) is 8.50. The van der Waals surface area contributed by atoms with Crippen LogP contribution in [0.15, 0.2) is 42.7 Å². The summed E-state index contributed by atoms with van der Waals surface area (Å²) in [4.78, 5) is 4.40. The van der Waals surface area contributed by atoms with Crippen molar-refractivity contribution in [1.82, 2.24) is 14.9 Å². The topological polar surface area (TPSA) is 29.9 Å². The van der Waals surface area contributed by atoms with E-state index in [9.17, 15) is 0 Å². The Hall–Kier alpha value is -1.61. The van der Waals surface area contributed by atoms with Crippen molar-refractivity contribution in [3.05, 3.63) is 42.7 Å². The largest absolute Gasteiger partial charge is 0.329 e. The monoisotopic (exact) mass is 229 g/mol. The number of aromatic nitrogens is 2. The molecular weight excluding hydrogens is 210 g/mol. The first kappa shape index (κ1) is 11.9. The molecule has 2 rings (SSSR count). The molecule has 1 heterocycles. The lowest BCUT2D eigenvalue weighted by molar-refractivity contribution is 0.516. The van der Waals surface area contributed by atoms with Gasteiger partial charge in [-0.25, -0.2) is 4.98 Å². The van der Waals surface area contributed by atoms with E-state index < -0.39 is 0 Å². The summed E-state index contributed by atoms with van der Waals surface area (Å²) in [6.45, 7) is 10.0. The Morgan fingerprint density at radius 3 is 2.94 bits per heavy atom. The molecule has 1 N–H and O–H groups in total. The van der Waals surface area contributed by atoms with Crippen molar-refractivity contribution in [3.8, 4) is 0 Å². The van der Waals surface area contributed by atoms with Crippen molar-refractivity contribution in [2.75, 3.05) is 6.54 Å². The van der Waals surface area contributed by atoms with Crippen LogP contribution in [0.4, 0.5) is 0 Å². The number of hydrogen-bond donors (Lipinski definition) is 1. The molecule has 0 aliphatic rings. The van der Waals surface area contributed by atoms with E-state index in [-0.39, 0.29) is 0 Å². The first-order chi connectivity index (χ1) is 8.22. The number of para-hydroxylation sites is 2. The van der Waals surface area contributed by atoms with E-state index in [1.165, 1.54) is 5.52 Å². The number of nitrogens with zero attached hydrogens (tertiary/aromatic N) is 2. The lowest BCUT2D eigenvalue weighted by Gasteiger charge is -2.18. The Bertz CT molecular complexity index is 513. The maximum absolute atomic E-state index is 4.40. The molecule has 0 spiro atoms. The minimum Gasteiger partial charge on any atom is -0.329 e. The molecule has 1 unspecified atom stereocenters. The van der Waals surface area contributed by atoms with Gasteiger partial charge >= 0.3 is 0 Å². The second-order valence-electron chi connectivity index (χ2n) is 4.34. The Balaban J connectivity index is 2.25. The van der Waals surface area contributed by atoms with Gasteiger partial charge in [0, 0.05) is 12.6 Å². The Morgan fingerprint density at radius 1 is 1.47 bits per heavy atom. The summed E-state index contributed by atoms with van der Waals surface area (Å²) >= 11 is 0. The van der Waals surface area contributed by atoms with E-state index in [4.69, 9.17) is 0 Å². The zero-order valence-electron chi connectivity index (χ0n) is 10.5. The Labute approximate surface area is 102 Å². The van der Waals surface area contributed by atoms with Crippen LogP contribution in [0.1, 0.15) is 13.8 Å². The molecule has 0 aliphatic heterocycles. The lowest BCUT2D eigenvalue weighted by Crippen LogP contribution is -2.33. The molecule has 1 aromatic carbocycles. The van der Waals surface area contributed by atoms with E-state index in [0.29, 0.717) is 6.04 Å². The van der Waals surface area contributed by atoms with E-state index in [1.807, 2.05) is 24.5 Å². The normalized spacial score (nSPS) is 12.8. The van der Waals surface area contributed by atoms with Gasteiger partial charge in [-0.05, 0) is 25.6 Å². The first-order valence-corrected chi connectivity index (χ1v) is 6.01. The van der Waals surface area contributed by atoms with Crippen LogP contribution in [-0.2, 0) is 6.54 Å². The molecule has 0 saturated carbocycles. The highest BCUT2D eigenvalue weighted by atomic mass is 15.1. The minimum atomic E-state index is 0.303. The molecule has 3 nitrogen and oxygen atoms in total. The van der Waals surface area contributed by atoms with E-state index >= 15 is 0 Å². The highest BCUT2D eigenvalue weighted by molar-refractivity contribution is 5.74. The fraction of sp³-hybridized carbons (Fsp3) is 0.357. The average Bonchev–Trinajstić information content (AvgIpc) is 2.72. The third-order valence-corrected chi connectivity index (χ3v) is 2.95. The predicted octanol–water partition coefficient (Wildman–Crippen LogP) is 2.59. The fourth-order valence-electron chi connectivity index (χ4n) is 1.99. The van der Waals surface area contributed by atoms with Gasteiger partial charge in [0.25, 0.3) is 0 Å². The third-order valence-electron chi connectivity index (χ3n) is 2.95. The van der Waals surface area contributed by atoms with Crippen LogP contribution in [-0.4, -0.2) is 22.1 Å². The first-order valence-electron chi connectivity index (χ1n) is 6.01. The Morgan fingerprint density at radius 2 is 2.24 bits per heavy atom. The van der Waals surface area contributed by atoms with Crippen LogP contribution in [0.3, 0.4) is 0 Å². The second kappa shape index (κ2) is 5.15. The van der Waals surface area contributed by atoms with Crippen molar-refractivity contribution in [2.45, 2.75) is 26.4 Å². The lowest BCUT2D eigenvalue weighted by atomic mass is 10.1. The van der Waals surface area contributed by atoms with Gasteiger partial charge in [-0.2, -0.15) is 0 Å². The van der Waals surface area contributed by atoms with Crippen LogP contribution in [0.5, 0.6) is 0 Å². The number of likely N-dealkylation sites (N-methyl/N-ethyl adjacent to an activating group) is 1. The van der Waals surface area contributed by atoms with Gasteiger partial charge in [-0.15, -0.1) is 0 Å². The molecule has 0 amide bonds. The maximum Gasteiger partial charge on any atom is 0.0958 e. The predicted molar refractivity (Wildman–Crippen MR) is 72.0 cm³/mol. The Kier molecular flexibility index (Phi) is 3.59. The summed E-state index contributed by atoms with van der Waals surface area (Å²) in [6.07, 6.45) is 1.90. The molecule has 1 aromatic heterocycles. The fourth-order valence-corrected chi connectivity index (χ4v) is 1.99. The summed E-state index contributed by atoms with van der Waals surface area (Å²) in [7, 11) is 0. The van der Waals surface area contributed by atoms with Crippen molar-refractivity contribution in [3.63, 3.8) is 0 Å². The van der Waals surface area contributed by atoms with Crippen LogP contribution >= 0.6 is 0 Å². The second-order valence-corrected chi connectivity index (χ2v) is 4.34. The quantitative estimate of drug-likeness (QED) is 0.799. The molecule has 90 valence electrons. The van der Waals surface area contributed by atoms with Crippen molar-refractivity contribution < 1.29 is 0 Å². The number of hydrogen-bond acceptors (Lipinski definition) is 2. The summed E-state index contributed by atoms with van der Waals surface area (Å²) < 4.78 is 2.18. The molecule has 0 fully saturated rings. The van der Waals surface area contributed by atoms with Gasteiger partial charge in [0.2, 0.25) is 0 Å².